The highest BCUT2D eigenvalue weighted by Crippen LogP contribution is 2.38. The van der Waals surface area contributed by atoms with Gasteiger partial charge in [-0.25, -0.2) is 18.1 Å². The molecule has 1 fully saturated rings. The molecular formula is C44H56N8O7S. The lowest BCUT2D eigenvalue weighted by molar-refractivity contribution is -0.132. The number of amides is 3. The number of esters is 1. The van der Waals surface area contributed by atoms with Gasteiger partial charge in [-0.2, -0.15) is 4.31 Å². The molecular weight excluding hydrogens is 785 g/mol. The van der Waals surface area contributed by atoms with Crippen molar-refractivity contribution in [1.29, 1.82) is 0 Å². The average molecular weight is 841 g/mol. The highest BCUT2D eigenvalue weighted by molar-refractivity contribution is 7.89. The number of benzene rings is 4. The summed E-state index contributed by atoms with van der Waals surface area (Å²) in [5.41, 5.74) is 25.5. The van der Waals surface area contributed by atoms with E-state index in [-0.39, 0.29) is 85.3 Å². The van der Waals surface area contributed by atoms with Gasteiger partial charge in [-0.3, -0.25) is 19.4 Å². The Hall–Kier alpha value is -5.68. The SMILES string of the molecule is CC(C)C[C@@H](N)C(=O)N(C(=O)[C@H](CCCN=C(N)N)NC(=O)[C@@H](N)Cc1ccccc1)c1ccc2cc(C(=O)OCc3ccccc3)ccc2c1S(=O)(=O)N1CCCCC1. The van der Waals surface area contributed by atoms with Gasteiger partial charge in [0, 0.05) is 25.0 Å². The van der Waals surface area contributed by atoms with Crippen molar-refractivity contribution in [2.24, 2.45) is 33.8 Å². The first-order chi connectivity index (χ1) is 28.7. The van der Waals surface area contributed by atoms with Gasteiger partial charge < -0.3 is 33.0 Å². The molecule has 16 heteroatoms. The van der Waals surface area contributed by atoms with E-state index in [1.54, 1.807) is 0 Å². The van der Waals surface area contributed by atoms with E-state index < -0.39 is 51.8 Å². The number of carbonyl (C=O) groups is 4. The number of aliphatic imine (C=N–C) groups is 1. The predicted molar refractivity (Wildman–Crippen MR) is 232 cm³/mol. The Morgan fingerprint density at radius 3 is 2.12 bits per heavy atom. The molecule has 0 unspecified atom stereocenters. The van der Waals surface area contributed by atoms with Crippen LogP contribution in [0.2, 0.25) is 0 Å². The van der Waals surface area contributed by atoms with Crippen molar-refractivity contribution in [3.8, 4) is 0 Å². The molecule has 4 aromatic carbocycles. The van der Waals surface area contributed by atoms with Crippen molar-refractivity contribution in [2.45, 2.75) is 88.4 Å². The number of nitrogens with two attached hydrogens (primary N) is 4. The Kier molecular flexibility index (Phi) is 15.9. The smallest absolute Gasteiger partial charge is 0.338 e. The summed E-state index contributed by atoms with van der Waals surface area (Å²) in [7, 11) is -4.41. The van der Waals surface area contributed by atoms with E-state index in [1.807, 2.05) is 74.5 Å². The number of rotatable bonds is 18. The lowest BCUT2D eigenvalue weighted by atomic mass is 10.0. The molecule has 320 valence electrons. The molecule has 0 aliphatic carbocycles. The summed E-state index contributed by atoms with van der Waals surface area (Å²) in [5.74, 6) is -3.30. The number of nitrogens with zero attached hydrogens (tertiary/aromatic N) is 3. The topological polar surface area (TPSA) is 247 Å². The molecule has 1 heterocycles. The Bertz CT molecular complexity index is 2260. The maximum atomic E-state index is 15.1. The van der Waals surface area contributed by atoms with Crippen molar-refractivity contribution < 1.29 is 32.3 Å². The summed E-state index contributed by atoms with van der Waals surface area (Å²) in [6.07, 6.45) is 2.55. The number of piperidine rings is 1. The number of hydrogen-bond donors (Lipinski definition) is 5. The van der Waals surface area contributed by atoms with Crippen LogP contribution in [0.4, 0.5) is 5.69 Å². The maximum Gasteiger partial charge on any atom is 0.338 e. The molecule has 1 aliphatic heterocycles. The summed E-state index contributed by atoms with van der Waals surface area (Å²) in [6.45, 7) is 4.30. The van der Waals surface area contributed by atoms with Crippen LogP contribution in [0.15, 0.2) is 101 Å². The van der Waals surface area contributed by atoms with Crippen LogP contribution in [0, 0.1) is 5.92 Å². The fourth-order valence-electron chi connectivity index (χ4n) is 7.18. The molecule has 3 amide bonds. The van der Waals surface area contributed by atoms with Gasteiger partial charge in [-0.1, -0.05) is 93.1 Å². The van der Waals surface area contributed by atoms with Crippen LogP contribution in [0.25, 0.3) is 10.8 Å². The quantitative estimate of drug-likeness (QED) is 0.0418. The summed E-state index contributed by atoms with van der Waals surface area (Å²) in [5, 5.41) is 3.26. The fourth-order valence-corrected chi connectivity index (χ4v) is 9.07. The number of fused-ring (bicyclic) bond motifs is 1. The molecule has 0 spiro atoms. The molecule has 1 saturated heterocycles. The molecule has 1 aliphatic rings. The molecule has 9 N–H and O–H groups in total. The Morgan fingerprint density at radius 1 is 0.833 bits per heavy atom. The second-order valence-corrected chi connectivity index (χ2v) is 17.3. The van der Waals surface area contributed by atoms with Crippen LogP contribution in [0.5, 0.6) is 0 Å². The maximum absolute atomic E-state index is 15.1. The minimum Gasteiger partial charge on any atom is -0.457 e. The summed E-state index contributed by atoms with van der Waals surface area (Å²) in [4.78, 5) is 61.2. The second kappa shape index (κ2) is 21.0. The van der Waals surface area contributed by atoms with Gasteiger partial charge in [0.2, 0.25) is 15.9 Å². The highest BCUT2D eigenvalue weighted by Gasteiger charge is 2.40. The molecule has 4 aromatic rings. The highest BCUT2D eigenvalue weighted by atomic mass is 32.2. The molecule has 60 heavy (non-hydrogen) atoms. The average Bonchev–Trinajstić information content (AvgIpc) is 3.24. The van der Waals surface area contributed by atoms with E-state index in [1.165, 1.54) is 34.6 Å². The van der Waals surface area contributed by atoms with Crippen LogP contribution in [-0.2, 0) is 42.2 Å². The third-order valence-electron chi connectivity index (χ3n) is 10.2. The van der Waals surface area contributed by atoms with Gasteiger partial charge in [0.1, 0.15) is 17.5 Å². The van der Waals surface area contributed by atoms with Crippen LogP contribution < -0.4 is 33.2 Å². The van der Waals surface area contributed by atoms with Gasteiger partial charge in [0.05, 0.1) is 23.3 Å². The van der Waals surface area contributed by atoms with Crippen LogP contribution in [0.3, 0.4) is 0 Å². The fraction of sp³-hybridized carbons (Fsp3) is 0.386. The van der Waals surface area contributed by atoms with Crippen molar-refractivity contribution in [1.82, 2.24) is 9.62 Å². The van der Waals surface area contributed by atoms with Gasteiger partial charge in [0.15, 0.2) is 5.96 Å². The molecule has 0 saturated carbocycles. The van der Waals surface area contributed by atoms with Crippen molar-refractivity contribution >= 4 is 56.1 Å². The molecule has 3 atom stereocenters. The lowest BCUT2D eigenvalue weighted by Gasteiger charge is -2.33. The number of nitrogens with one attached hydrogen (secondary N) is 1. The number of sulfonamides is 1. The third-order valence-corrected chi connectivity index (χ3v) is 12.2. The van der Waals surface area contributed by atoms with E-state index in [4.69, 9.17) is 27.7 Å². The van der Waals surface area contributed by atoms with Gasteiger partial charge in [0.25, 0.3) is 11.8 Å². The van der Waals surface area contributed by atoms with Crippen LogP contribution >= 0.6 is 0 Å². The van der Waals surface area contributed by atoms with Crippen LogP contribution in [-0.4, -0.2) is 80.1 Å². The van der Waals surface area contributed by atoms with Crippen molar-refractivity contribution in [2.75, 3.05) is 24.5 Å². The number of ether oxygens (including phenoxy) is 1. The van der Waals surface area contributed by atoms with Crippen molar-refractivity contribution in [3.05, 3.63) is 108 Å². The number of carbonyl (C=O) groups excluding carboxylic acids is 4. The van der Waals surface area contributed by atoms with E-state index in [0.29, 0.717) is 18.2 Å². The first-order valence-corrected chi connectivity index (χ1v) is 21.7. The summed E-state index contributed by atoms with van der Waals surface area (Å²) in [6, 6.07) is 22.0. The Morgan fingerprint density at radius 2 is 1.48 bits per heavy atom. The minimum atomic E-state index is -4.41. The van der Waals surface area contributed by atoms with Crippen LogP contribution in [0.1, 0.15) is 73.9 Å². The first-order valence-electron chi connectivity index (χ1n) is 20.2. The summed E-state index contributed by atoms with van der Waals surface area (Å²) >= 11 is 0. The molecule has 0 aromatic heterocycles. The van der Waals surface area contributed by atoms with Gasteiger partial charge in [-0.05, 0) is 79.2 Å². The number of guanidine groups is 1. The zero-order valence-corrected chi connectivity index (χ0v) is 35.0. The molecule has 0 bridgehead atoms. The third kappa shape index (κ3) is 11.7. The predicted octanol–water partition coefficient (Wildman–Crippen LogP) is 3.71. The largest absolute Gasteiger partial charge is 0.457 e. The molecule has 15 nitrogen and oxygen atoms in total. The van der Waals surface area contributed by atoms with Gasteiger partial charge >= 0.3 is 5.97 Å². The normalized spacial score (nSPS) is 14.8. The number of anilines is 1. The number of hydrogen-bond acceptors (Lipinski definition) is 10. The van der Waals surface area contributed by atoms with E-state index in [0.717, 1.165) is 22.4 Å². The first kappa shape index (κ1) is 45.4. The summed E-state index contributed by atoms with van der Waals surface area (Å²) < 4.78 is 36.7. The minimum absolute atomic E-state index is 0.0296. The lowest BCUT2D eigenvalue weighted by Crippen LogP contribution is -2.57. The van der Waals surface area contributed by atoms with Gasteiger partial charge in [-0.15, -0.1) is 0 Å². The van der Waals surface area contributed by atoms with E-state index >= 15 is 4.79 Å². The monoisotopic (exact) mass is 840 g/mol. The molecule has 0 radical (unpaired) electrons. The van der Waals surface area contributed by atoms with E-state index in [9.17, 15) is 22.8 Å². The zero-order chi connectivity index (χ0) is 43.4. The molecule has 5 rings (SSSR count). The standard InChI is InChI=1S/C44H56N8O7S/c1-29(2)25-36(46)41(54)52(42(55)37(17-12-22-49-44(47)48)50-40(53)35(45)26-30-13-6-3-7-14-30)38-21-19-32-27-33(43(56)59-28-31-15-8-4-9-16-31)18-20-34(32)39(38)60(57,58)51-23-10-5-11-24-51/h3-4,6-9,13-16,18-21,27,29,35-37H,5,10-12,17,22-26,28,45-46H2,1-2H3,(H,50,53)(H4,47,48,49)/t35-,36+,37-/m0/s1. The Balaban J connectivity index is 1.63. The number of imide groups is 1. The Labute approximate surface area is 351 Å². The van der Waals surface area contributed by atoms with Crippen molar-refractivity contribution in [3.63, 3.8) is 0 Å². The second-order valence-electron chi connectivity index (χ2n) is 15.4. The van der Waals surface area contributed by atoms with E-state index in [2.05, 4.69) is 10.3 Å². The zero-order valence-electron chi connectivity index (χ0n) is 34.2.